The summed E-state index contributed by atoms with van der Waals surface area (Å²) in [6, 6.07) is 13.3. The van der Waals surface area contributed by atoms with Crippen LogP contribution in [0.3, 0.4) is 0 Å². The van der Waals surface area contributed by atoms with Gasteiger partial charge in [-0.3, -0.25) is 9.59 Å². The van der Waals surface area contributed by atoms with E-state index < -0.39 is 11.9 Å². The van der Waals surface area contributed by atoms with Gasteiger partial charge in [0.2, 0.25) is 5.91 Å². The van der Waals surface area contributed by atoms with Gasteiger partial charge in [-0.15, -0.1) is 0 Å². The number of halogens is 1. The van der Waals surface area contributed by atoms with Crippen molar-refractivity contribution in [1.82, 2.24) is 4.57 Å². The zero-order valence-corrected chi connectivity index (χ0v) is 16.2. The molecule has 1 amide bonds. The van der Waals surface area contributed by atoms with Crippen LogP contribution in [0.25, 0.3) is 16.9 Å². The van der Waals surface area contributed by atoms with E-state index in [-0.39, 0.29) is 25.1 Å². The Labute approximate surface area is 172 Å². The Morgan fingerprint density at radius 1 is 1.07 bits per heavy atom. The van der Waals surface area contributed by atoms with Crippen LogP contribution in [0.15, 0.2) is 48.5 Å². The molecule has 1 aromatic heterocycles. The molecular formula is C21H20ClN3O4. The lowest BCUT2D eigenvalue weighted by atomic mass is 10.1. The number of aryl methyl sites for hydroxylation is 1. The Kier molecular flexibility index (Phi) is 5.91. The summed E-state index contributed by atoms with van der Waals surface area (Å²) in [5.41, 5.74) is 14.8. The number of nitrogens with zero attached hydrogens (tertiary/aromatic N) is 1. The summed E-state index contributed by atoms with van der Waals surface area (Å²) in [7, 11) is 0. The highest BCUT2D eigenvalue weighted by molar-refractivity contribution is 6.30. The first-order chi connectivity index (χ1) is 13.8. The molecule has 0 radical (unpaired) electrons. The van der Waals surface area contributed by atoms with Crippen molar-refractivity contribution >= 4 is 23.5 Å². The predicted molar refractivity (Wildman–Crippen MR) is 110 cm³/mol. The largest absolute Gasteiger partial charge is 0.507 e. The number of aromatic hydroxyl groups is 1. The number of carbonyl (C=O) groups excluding carboxylic acids is 1. The lowest BCUT2D eigenvalue weighted by Crippen LogP contribution is -2.14. The predicted octanol–water partition coefficient (Wildman–Crippen LogP) is 3.08. The van der Waals surface area contributed by atoms with E-state index in [0.29, 0.717) is 33.1 Å². The maximum atomic E-state index is 11.5. The number of phenols is 1. The van der Waals surface area contributed by atoms with Gasteiger partial charge in [-0.1, -0.05) is 11.6 Å². The van der Waals surface area contributed by atoms with Crippen molar-refractivity contribution in [1.29, 1.82) is 0 Å². The smallest absolute Gasteiger partial charge is 0.303 e. The van der Waals surface area contributed by atoms with E-state index in [1.807, 2.05) is 4.57 Å². The molecule has 0 spiro atoms. The summed E-state index contributed by atoms with van der Waals surface area (Å²) in [6.45, 7) is 0.138. The zero-order chi connectivity index (χ0) is 21.1. The molecule has 150 valence electrons. The van der Waals surface area contributed by atoms with Gasteiger partial charge < -0.3 is 26.2 Å². The van der Waals surface area contributed by atoms with E-state index in [1.54, 1.807) is 42.5 Å². The van der Waals surface area contributed by atoms with Crippen molar-refractivity contribution in [3.05, 3.63) is 70.4 Å². The molecule has 7 nitrogen and oxygen atoms in total. The molecule has 0 aliphatic carbocycles. The number of phenolic OH excluding ortho intramolecular Hbond substituents is 1. The van der Waals surface area contributed by atoms with Crippen molar-refractivity contribution in [3.63, 3.8) is 0 Å². The van der Waals surface area contributed by atoms with E-state index >= 15 is 0 Å². The molecule has 1 heterocycles. The lowest BCUT2D eigenvalue weighted by molar-refractivity contribution is -0.136. The summed E-state index contributed by atoms with van der Waals surface area (Å²) in [5, 5.41) is 19.9. The zero-order valence-electron chi connectivity index (χ0n) is 15.4. The van der Waals surface area contributed by atoms with Crippen molar-refractivity contribution in [2.75, 3.05) is 0 Å². The molecule has 6 N–H and O–H groups in total. The second-order valence-electron chi connectivity index (χ2n) is 6.51. The number of aliphatic carboxylic acids is 1. The maximum absolute atomic E-state index is 11.5. The molecule has 3 rings (SSSR count). The fourth-order valence-corrected chi connectivity index (χ4v) is 3.41. The van der Waals surface area contributed by atoms with Gasteiger partial charge in [0.05, 0.1) is 17.8 Å². The molecule has 0 saturated heterocycles. The molecule has 0 fully saturated rings. The first kappa shape index (κ1) is 20.4. The second kappa shape index (κ2) is 8.38. The highest BCUT2D eigenvalue weighted by Gasteiger charge is 2.18. The molecular weight excluding hydrogens is 394 g/mol. The van der Waals surface area contributed by atoms with Crippen LogP contribution >= 0.6 is 11.6 Å². The summed E-state index contributed by atoms with van der Waals surface area (Å²) < 4.78 is 1.83. The molecule has 0 bridgehead atoms. The molecule has 2 aromatic carbocycles. The van der Waals surface area contributed by atoms with Crippen molar-refractivity contribution in [2.45, 2.75) is 19.4 Å². The maximum Gasteiger partial charge on any atom is 0.303 e. The minimum absolute atomic E-state index is 0.00955. The Morgan fingerprint density at radius 2 is 1.83 bits per heavy atom. The summed E-state index contributed by atoms with van der Waals surface area (Å²) in [5.74, 6) is -1.50. The van der Waals surface area contributed by atoms with E-state index in [4.69, 9.17) is 28.2 Å². The molecule has 0 aliphatic rings. The normalized spacial score (nSPS) is 10.8. The quantitative estimate of drug-likeness (QED) is 0.472. The lowest BCUT2D eigenvalue weighted by Gasteiger charge is -2.18. The molecule has 0 saturated carbocycles. The summed E-state index contributed by atoms with van der Waals surface area (Å²) >= 11 is 5.95. The van der Waals surface area contributed by atoms with Crippen LogP contribution in [0.4, 0.5) is 0 Å². The summed E-state index contributed by atoms with van der Waals surface area (Å²) in [6.07, 6.45) is 0.207. The van der Waals surface area contributed by atoms with Crippen LogP contribution < -0.4 is 11.5 Å². The molecule has 8 heteroatoms. The number of amides is 1. The summed E-state index contributed by atoms with van der Waals surface area (Å²) in [4.78, 5) is 22.6. The molecule has 29 heavy (non-hydrogen) atoms. The Bertz CT molecular complexity index is 1090. The Morgan fingerprint density at radius 3 is 2.45 bits per heavy atom. The van der Waals surface area contributed by atoms with Gasteiger partial charge in [0.25, 0.3) is 0 Å². The fourth-order valence-electron chi connectivity index (χ4n) is 3.25. The number of benzene rings is 2. The third kappa shape index (κ3) is 4.26. The number of hydrogen-bond acceptors (Lipinski definition) is 4. The molecule has 0 aliphatic heterocycles. The van der Waals surface area contributed by atoms with E-state index in [1.165, 1.54) is 6.07 Å². The average Bonchev–Trinajstić information content (AvgIpc) is 3.09. The van der Waals surface area contributed by atoms with Crippen molar-refractivity contribution in [3.8, 4) is 22.7 Å². The Balaban J connectivity index is 2.23. The first-order valence-corrected chi connectivity index (χ1v) is 9.24. The minimum Gasteiger partial charge on any atom is -0.507 e. The van der Waals surface area contributed by atoms with Crippen LogP contribution in [0.5, 0.6) is 5.75 Å². The monoisotopic (exact) mass is 413 g/mol. The van der Waals surface area contributed by atoms with Gasteiger partial charge in [0.1, 0.15) is 5.75 Å². The number of carboxylic acid groups (broad SMARTS) is 1. The average molecular weight is 414 g/mol. The highest BCUT2D eigenvalue weighted by atomic mass is 35.5. The Hall–Kier alpha value is -3.29. The third-order valence-electron chi connectivity index (χ3n) is 4.62. The van der Waals surface area contributed by atoms with Crippen LogP contribution in [-0.2, 0) is 17.8 Å². The van der Waals surface area contributed by atoms with E-state index in [2.05, 4.69) is 0 Å². The second-order valence-corrected chi connectivity index (χ2v) is 6.95. The van der Waals surface area contributed by atoms with Crippen molar-refractivity contribution < 1.29 is 19.8 Å². The van der Waals surface area contributed by atoms with E-state index in [9.17, 15) is 14.7 Å². The van der Waals surface area contributed by atoms with Crippen molar-refractivity contribution in [2.24, 2.45) is 11.5 Å². The number of nitrogens with two attached hydrogens (primary N) is 2. The molecule has 0 unspecified atom stereocenters. The van der Waals surface area contributed by atoms with Crippen LogP contribution in [0.2, 0.25) is 5.02 Å². The number of carboxylic acids is 1. The topological polar surface area (TPSA) is 132 Å². The van der Waals surface area contributed by atoms with Gasteiger partial charge in [-0.2, -0.15) is 0 Å². The first-order valence-electron chi connectivity index (χ1n) is 8.86. The number of aromatic nitrogens is 1. The van der Waals surface area contributed by atoms with E-state index in [0.717, 1.165) is 5.69 Å². The standard InChI is InChI=1S/C21H20ClN3O4/c22-14-2-5-16(19(26)10-14)18-7-3-15(4-8-20(27)28)25(18)17-6-1-12(21(24)29)9-13(17)11-23/h1-3,5-7,9-10,26H,4,8,11,23H2,(H2,24,29)(H,27,28). The molecule has 0 atom stereocenters. The van der Waals surface area contributed by atoms with Gasteiger partial charge >= 0.3 is 5.97 Å². The number of primary amides is 1. The van der Waals surface area contributed by atoms with Gasteiger partial charge in [-0.05, 0) is 60.5 Å². The number of rotatable bonds is 7. The number of hydrogen-bond donors (Lipinski definition) is 4. The molecule has 3 aromatic rings. The van der Waals surface area contributed by atoms with Gasteiger partial charge in [0.15, 0.2) is 0 Å². The van der Waals surface area contributed by atoms with Gasteiger partial charge in [0, 0.05) is 28.4 Å². The fraction of sp³-hybridized carbons (Fsp3) is 0.143. The van der Waals surface area contributed by atoms with Crippen LogP contribution in [0.1, 0.15) is 28.0 Å². The minimum atomic E-state index is -0.920. The third-order valence-corrected chi connectivity index (χ3v) is 4.85. The SMILES string of the molecule is NCc1cc(C(N)=O)ccc1-n1c(CCC(=O)O)ccc1-c1ccc(Cl)cc1O. The van der Waals surface area contributed by atoms with Crippen LogP contribution in [-0.4, -0.2) is 26.7 Å². The van der Waals surface area contributed by atoms with Crippen LogP contribution in [0, 0.1) is 0 Å². The van der Waals surface area contributed by atoms with Gasteiger partial charge in [-0.25, -0.2) is 0 Å². The number of carbonyl (C=O) groups is 2. The highest BCUT2D eigenvalue weighted by Crippen LogP contribution is 2.35.